The molecule has 0 saturated carbocycles. The van der Waals surface area contributed by atoms with Crippen LogP contribution in [-0.4, -0.2) is 18.8 Å². The molecule has 0 amide bonds. The van der Waals surface area contributed by atoms with Crippen LogP contribution < -0.4 is 11.1 Å². The maximum atomic E-state index is 12.8. The Morgan fingerprint density at radius 2 is 1.44 bits per heavy atom. The van der Waals surface area contributed by atoms with Gasteiger partial charge in [-0.15, -0.1) is 0 Å². The third-order valence-corrected chi connectivity index (χ3v) is 4.11. The van der Waals surface area contributed by atoms with Crippen molar-refractivity contribution in [3.8, 4) is 0 Å². The smallest absolute Gasteiger partial charge is 0.269 e. The van der Waals surface area contributed by atoms with Gasteiger partial charge < -0.3 is 0 Å². The lowest BCUT2D eigenvalue weighted by Crippen LogP contribution is -2.17. The molecule has 0 fully saturated rings. The van der Waals surface area contributed by atoms with Gasteiger partial charge in [0.25, 0.3) is 11.1 Å². The van der Waals surface area contributed by atoms with Crippen LogP contribution in [0.1, 0.15) is 0 Å². The normalized spacial score (nSPS) is 10.5. The van der Waals surface area contributed by atoms with Crippen LogP contribution in [-0.2, 0) is 0 Å². The van der Waals surface area contributed by atoms with E-state index in [1.807, 2.05) is 6.07 Å². The van der Waals surface area contributed by atoms with Crippen LogP contribution in [0.25, 0.3) is 11.3 Å². The molecule has 0 aliphatic heterocycles. The highest BCUT2D eigenvalue weighted by Gasteiger charge is 2.02. The zero-order valence-corrected chi connectivity index (χ0v) is 15.6. The van der Waals surface area contributed by atoms with Gasteiger partial charge in [0, 0.05) is 33.6 Å². The zero-order valence-electron chi connectivity index (χ0n) is 12.4. The number of halogens is 3. The van der Waals surface area contributed by atoms with E-state index < -0.39 is 11.4 Å². The number of aromatic nitrogens is 4. The SMILES string of the molecule is O=c1c(F)cnc2ccc(Br)cn12.O=c1ccnc2ccc(Br)cn12. The Bertz CT molecular complexity index is 1180. The molecule has 0 N–H and O–H groups in total. The summed E-state index contributed by atoms with van der Waals surface area (Å²) in [5.41, 5.74) is 0.327. The van der Waals surface area contributed by atoms with Crippen LogP contribution >= 0.6 is 31.9 Å². The maximum Gasteiger partial charge on any atom is 0.293 e. The second-order valence-electron chi connectivity index (χ2n) is 4.85. The molecule has 0 radical (unpaired) electrons. The van der Waals surface area contributed by atoms with Gasteiger partial charge in [-0.3, -0.25) is 18.4 Å². The number of nitrogens with zero attached hydrogens (tertiary/aromatic N) is 4. The number of rotatable bonds is 0. The van der Waals surface area contributed by atoms with Crippen molar-refractivity contribution in [2.45, 2.75) is 0 Å². The second-order valence-corrected chi connectivity index (χ2v) is 6.68. The topological polar surface area (TPSA) is 68.7 Å². The van der Waals surface area contributed by atoms with Crippen molar-refractivity contribution in [3.05, 3.63) is 90.6 Å². The lowest BCUT2D eigenvalue weighted by molar-refractivity contribution is 0.597. The summed E-state index contributed by atoms with van der Waals surface area (Å²) in [7, 11) is 0. The maximum absolute atomic E-state index is 12.8. The minimum absolute atomic E-state index is 0.0682. The van der Waals surface area contributed by atoms with E-state index in [0.29, 0.717) is 15.8 Å². The van der Waals surface area contributed by atoms with Crippen molar-refractivity contribution in [3.63, 3.8) is 0 Å². The average molecular weight is 468 g/mol. The molecule has 0 unspecified atom stereocenters. The summed E-state index contributed by atoms with van der Waals surface area (Å²) in [6.45, 7) is 0. The van der Waals surface area contributed by atoms with E-state index in [-0.39, 0.29) is 5.56 Å². The van der Waals surface area contributed by atoms with Gasteiger partial charge in [0.05, 0.1) is 6.20 Å². The first-order valence-electron chi connectivity index (χ1n) is 6.91. The van der Waals surface area contributed by atoms with E-state index in [1.54, 1.807) is 24.4 Å². The van der Waals surface area contributed by atoms with Crippen molar-refractivity contribution in [2.75, 3.05) is 0 Å². The van der Waals surface area contributed by atoms with Gasteiger partial charge in [-0.2, -0.15) is 4.39 Å². The minimum Gasteiger partial charge on any atom is -0.269 e. The molecule has 0 bridgehead atoms. The Kier molecular flexibility index (Phi) is 5.05. The van der Waals surface area contributed by atoms with Crippen molar-refractivity contribution >= 4 is 43.2 Å². The van der Waals surface area contributed by atoms with Gasteiger partial charge in [-0.25, -0.2) is 9.97 Å². The Labute approximate surface area is 156 Å². The van der Waals surface area contributed by atoms with E-state index in [0.717, 1.165) is 15.1 Å². The molecule has 9 heteroatoms. The van der Waals surface area contributed by atoms with Crippen LogP contribution in [0.3, 0.4) is 0 Å². The summed E-state index contributed by atoms with van der Waals surface area (Å²) in [5.74, 6) is -0.851. The largest absolute Gasteiger partial charge is 0.293 e. The highest BCUT2D eigenvalue weighted by Crippen LogP contribution is 2.09. The minimum atomic E-state index is -0.851. The highest BCUT2D eigenvalue weighted by atomic mass is 79.9. The third-order valence-electron chi connectivity index (χ3n) is 3.18. The fraction of sp³-hybridized carbons (Fsp3) is 0. The number of fused-ring (bicyclic) bond motifs is 2. The predicted octanol–water partition coefficient (Wildman–Crippen LogP) is 3.05. The first-order chi connectivity index (χ1) is 12.0. The van der Waals surface area contributed by atoms with Gasteiger partial charge in [0.15, 0.2) is 0 Å². The molecule has 4 heterocycles. The predicted molar refractivity (Wildman–Crippen MR) is 98.3 cm³/mol. The molecule has 126 valence electrons. The Balaban J connectivity index is 0.000000146. The molecule has 4 rings (SSSR count). The molecule has 25 heavy (non-hydrogen) atoms. The summed E-state index contributed by atoms with van der Waals surface area (Å²) in [6, 6.07) is 8.43. The first kappa shape index (κ1) is 17.4. The van der Waals surface area contributed by atoms with Crippen molar-refractivity contribution in [1.82, 2.24) is 18.8 Å². The molecule has 0 spiro atoms. The van der Waals surface area contributed by atoms with E-state index in [9.17, 15) is 14.0 Å². The summed E-state index contributed by atoms with van der Waals surface area (Å²) < 4.78 is 17.0. The second kappa shape index (κ2) is 7.24. The van der Waals surface area contributed by atoms with E-state index >= 15 is 0 Å². The number of pyridine rings is 2. The Morgan fingerprint density at radius 3 is 2.12 bits per heavy atom. The Hall–Kier alpha value is -2.39. The van der Waals surface area contributed by atoms with Gasteiger partial charge in [-0.05, 0) is 56.1 Å². The summed E-state index contributed by atoms with van der Waals surface area (Å²) in [5, 5.41) is 0. The lowest BCUT2D eigenvalue weighted by atomic mass is 10.4. The van der Waals surface area contributed by atoms with E-state index in [1.165, 1.54) is 22.9 Å². The number of hydrogen-bond acceptors (Lipinski definition) is 4. The molecule has 0 saturated heterocycles. The van der Waals surface area contributed by atoms with Crippen LogP contribution in [0.2, 0.25) is 0 Å². The number of hydrogen-bond donors (Lipinski definition) is 0. The van der Waals surface area contributed by atoms with E-state index in [4.69, 9.17) is 0 Å². The molecule has 6 nitrogen and oxygen atoms in total. The molecule has 4 aromatic rings. The van der Waals surface area contributed by atoms with Crippen LogP contribution in [0.4, 0.5) is 4.39 Å². The summed E-state index contributed by atoms with van der Waals surface area (Å²) in [6.07, 6.45) is 5.61. The van der Waals surface area contributed by atoms with Gasteiger partial charge >= 0.3 is 0 Å². The quantitative estimate of drug-likeness (QED) is 0.398. The van der Waals surface area contributed by atoms with Gasteiger partial charge in [0.2, 0.25) is 5.82 Å². The summed E-state index contributed by atoms with van der Waals surface area (Å²) in [4.78, 5) is 30.2. The molecule has 4 aromatic heterocycles. The van der Waals surface area contributed by atoms with Crippen molar-refractivity contribution in [2.24, 2.45) is 0 Å². The third kappa shape index (κ3) is 3.83. The fourth-order valence-electron chi connectivity index (χ4n) is 2.03. The molecule has 0 atom stereocenters. The molecule has 0 aliphatic carbocycles. The monoisotopic (exact) mass is 466 g/mol. The highest BCUT2D eigenvalue weighted by molar-refractivity contribution is 9.10. The lowest BCUT2D eigenvalue weighted by Gasteiger charge is -1.99. The van der Waals surface area contributed by atoms with Gasteiger partial charge in [-0.1, -0.05) is 0 Å². The van der Waals surface area contributed by atoms with Gasteiger partial charge in [0.1, 0.15) is 11.3 Å². The molecule has 0 aromatic carbocycles. The fourth-order valence-corrected chi connectivity index (χ4v) is 2.71. The van der Waals surface area contributed by atoms with E-state index in [2.05, 4.69) is 41.8 Å². The average Bonchev–Trinajstić information content (AvgIpc) is 2.60. The van der Waals surface area contributed by atoms with Crippen molar-refractivity contribution < 1.29 is 4.39 Å². The molecule has 0 aliphatic rings. The standard InChI is InChI=1S/C8H4BrFN2O.C8H5BrN2O/c9-5-1-2-7-11-3-6(10)8(13)12(7)4-5;9-6-1-2-7-10-4-3-8(12)11(7)5-6/h1-4H;1-5H. The van der Waals surface area contributed by atoms with Crippen LogP contribution in [0, 0.1) is 5.82 Å². The zero-order chi connectivity index (χ0) is 18.0. The molecular formula is C16H9Br2FN4O2. The summed E-state index contributed by atoms with van der Waals surface area (Å²) >= 11 is 6.46. The first-order valence-corrected chi connectivity index (χ1v) is 8.50. The molecular weight excluding hydrogens is 459 g/mol. The Morgan fingerprint density at radius 1 is 0.840 bits per heavy atom. The van der Waals surface area contributed by atoms with Crippen molar-refractivity contribution in [1.29, 1.82) is 0 Å². The van der Waals surface area contributed by atoms with Crippen LogP contribution in [0.15, 0.2) is 73.7 Å². The van der Waals surface area contributed by atoms with Crippen LogP contribution in [0.5, 0.6) is 0 Å².